The molecule has 78 valence electrons. The summed E-state index contributed by atoms with van der Waals surface area (Å²) in [5.41, 5.74) is -0.0199. The lowest BCUT2D eigenvalue weighted by molar-refractivity contribution is 0.199. The molecule has 1 aromatic heterocycles. The van der Waals surface area contributed by atoms with Gasteiger partial charge in [0.2, 0.25) is 0 Å². The second-order valence-corrected chi connectivity index (χ2v) is 2.85. The quantitative estimate of drug-likeness (QED) is 0.623. The minimum Gasteiger partial charge on any atom is -0.383 e. The fourth-order valence-electron chi connectivity index (χ4n) is 1.05. The van der Waals surface area contributed by atoms with Gasteiger partial charge in [0.1, 0.15) is 0 Å². The molecule has 0 aromatic carbocycles. The highest BCUT2D eigenvalue weighted by Gasteiger charge is 1.93. The van der Waals surface area contributed by atoms with Crippen molar-refractivity contribution in [3.05, 3.63) is 28.9 Å². The predicted molar refractivity (Wildman–Crippen MR) is 53.2 cm³/mol. The summed E-state index contributed by atoms with van der Waals surface area (Å²) in [5.74, 6) is 0. The van der Waals surface area contributed by atoms with Crippen LogP contribution in [0.1, 0.15) is 0 Å². The van der Waals surface area contributed by atoms with Gasteiger partial charge in [0.25, 0.3) is 5.56 Å². The first-order chi connectivity index (χ1) is 6.84. The molecule has 0 unspecified atom stereocenters. The summed E-state index contributed by atoms with van der Waals surface area (Å²) in [6.45, 7) is 2.86. The lowest BCUT2D eigenvalue weighted by Gasteiger charge is -2.05. The van der Waals surface area contributed by atoms with Crippen molar-refractivity contribution < 1.29 is 4.74 Å². The smallest absolute Gasteiger partial charge is 0.253 e. The summed E-state index contributed by atoms with van der Waals surface area (Å²) in [7, 11) is 1.66. The van der Waals surface area contributed by atoms with E-state index in [-0.39, 0.29) is 5.56 Å². The van der Waals surface area contributed by atoms with Crippen LogP contribution in [0.15, 0.2) is 23.4 Å². The van der Waals surface area contributed by atoms with Gasteiger partial charge in [0.05, 0.1) is 12.9 Å². The van der Waals surface area contributed by atoms with E-state index in [0.29, 0.717) is 13.2 Å². The van der Waals surface area contributed by atoms with Crippen LogP contribution in [0.5, 0.6) is 0 Å². The van der Waals surface area contributed by atoms with Gasteiger partial charge in [-0.2, -0.15) is 0 Å². The largest absolute Gasteiger partial charge is 0.383 e. The molecule has 1 aromatic rings. The van der Waals surface area contributed by atoms with Crippen LogP contribution in [0.2, 0.25) is 0 Å². The number of hydrogen-bond donors (Lipinski definition) is 1. The molecule has 1 N–H and O–H groups in total. The minimum absolute atomic E-state index is 0.0199. The van der Waals surface area contributed by atoms with Crippen molar-refractivity contribution >= 4 is 0 Å². The summed E-state index contributed by atoms with van der Waals surface area (Å²) in [6, 6.07) is 1.45. The molecule has 0 spiro atoms. The summed E-state index contributed by atoms with van der Waals surface area (Å²) in [4.78, 5) is 15.1. The van der Waals surface area contributed by atoms with Gasteiger partial charge >= 0.3 is 0 Å². The number of hydrogen-bond acceptors (Lipinski definition) is 4. The summed E-state index contributed by atoms with van der Waals surface area (Å²) in [6.07, 6.45) is 3.04. The molecule has 0 radical (unpaired) electrons. The van der Waals surface area contributed by atoms with Crippen LogP contribution in [0, 0.1) is 0 Å². The van der Waals surface area contributed by atoms with E-state index in [1.807, 2.05) is 0 Å². The number of rotatable bonds is 6. The number of nitrogens with zero attached hydrogens (tertiary/aromatic N) is 2. The zero-order chi connectivity index (χ0) is 10.2. The van der Waals surface area contributed by atoms with Crippen LogP contribution in [0.25, 0.3) is 0 Å². The maximum atomic E-state index is 11.2. The first kappa shape index (κ1) is 10.9. The first-order valence-electron chi connectivity index (χ1n) is 4.54. The summed E-state index contributed by atoms with van der Waals surface area (Å²) >= 11 is 0. The molecule has 0 saturated carbocycles. The Kier molecular flexibility index (Phi) is 4.88. The molecular weight excluding hydrogens is 182 g/mol. The van der Waals surface area contributed by atoms with Crippen molar-refractivity contribution in [1.29, 1.82) is 0 Å². The minimum atomic E-state index is -0.0199. The fraction of sp³-hybridized carbons (Fsp3) is 0.556. The molecule has 0 amide bonds. The first-order valence-corrected chi connectivity index (χ1v) is 4.54. The number of aromatic nitrogens is 2. The standard InChI is InChI=1S/C9H15N3O2/c1-14-7-5-10-4-6-12-8-11-3-2-9(12)13/h2-3,8,10H,4-7H2,1H3. The average Bonchev–Trinajstić information content (AvgIpc) is 2.20. The molecule has 1 rings (SSSR count). The predicted octanol–water partition coefficient (Wildman–Crippen LogP) is -0.521. The van der Waals surface area contributed by atoms with E-state index in [4.69, 9.17) is 4.74 Å². The van der Waals surface area contributed by atoms with Crippen LogP contribution in [0.4, 0.5) is 0 Å². The molecule has 0 fully saturated rings. The van der Waals surface area contributed by atoms with Crippen molar-refractivity contribution in [3.8, 4) is 0 Å². The van der Waals surface area contributed by atoms with Gasteiger partial charge in [-0.25, -0.2) is 4.98 Å². The molecular formula is C9H15N3O2. The van der Waals surface area contributed by atoms with E-state index in [1.165, 1.54) is 12.3 Å². The van der Waals surface area contributed by atoms with E-state index >= 15 is 0 Å². The third kappa shape index (κ3) is 3.68. The molecule has 0 aliphatic carbocycles. The zero-order valence-corrected chi connectivity index (χ0v) is 8.27. The molecule has 1 heterocycles. The second-order valence-electron chi connectivity index (χ2n) is 2.85. The Morgan fingerprint density at radius 2 is 2.43 bits per heavy atom. The van der Waals surface area contributed by atoms with Gasteiger partial charge < -0.3 is 10.1 Å². The number of nitrogens with one attached hydrogen (secondary N) is 1. The van der Waals surface area contributed by atoms with Crippen LogP contribution in [-0.2, 0) is 11.3 Å². The van der Waals surface area contributed by atoms with Gasteiger partial charge in [-0.1, -0.05) is 0 Å². The third-order valence-corrected chi connectivity index (χ3v) is 1.80. The molecule has 5 nitrogen and oxygen atoms in total. The fourth-order valence-corrected chi connectivity index (χ4v) is 1.05. The van der Waals surface area contributed by atoms with E-state index in [1.54, 1.807) is 18.0 Å². The van der Waals surface area contributed by atoms with Crippen molar-refractivity contribution in [2.75, 3.05) is 26.8 Å². The maximum absolute atomic E-state index is 11.2. The van der Waals surface area contributed by atoms with Gasteiger partial charge in [-0.3, -0.25) is 9.36 Å². The molecule has 5 heteroatoms. The van der Waals surface area contributed by atoms with Crippen LogP contribution in [0.3, 0.4) is 0 Å². The van der Waals surface area contributed by atoms with Gasteiger partial charge in [0.15, 0.2) is 0 Å². The van der Waals surface area contributed by atoms with Crippen LogP contribution >= 0.6 is 0 Å². The van der Waals surface area contributed by atoms with Crippen LogP contribution in [-0.4, -0.2) is 36.4 Å². The Labute approximate surface area is 82.7 Å². The van der Waals surface area contributed by atoms with Crippen molar-refractivity contribution in [1.82, 2.24) is 14.9 Å². The SMILES string of the molecule is COCCNCCn1cnccc1=O. The average molecular weight is 197 g/mol. The Morgan fingerprint density at radius 1 is 1.57 bits per heavy atom. The van der Waals surface area contributed by atoms with E-state index in [2.05, 4.69) is 10.3 Å². The monoisotopic (exact) mass is 197 g/mol. The Hall–Kier alpha value is -1.20. The summed E-state index contributed by atoms with van der Waals surface area (Å²) < 4.78 is 6.44. The molecule has 0 bridgehead atoms. The van der Waals surface area contributed by atoms with E-state index in [0.717, 1.165) is 13.1 Å². The highest BCUT2D eigenvalue weighted by atomic mass is 16.5. The topological polar surface area (TPSA) is 56.1 Å². The lowest BCUT2D eigenvalue weighted by atomic mass is 10.5. The van der Waals surface area contributed by atoms with Crippen molar-refractivity contribution in [3.63, 3.8) is 0 Å². The van der Waals surface area contributed by atoms with Gasteiger partial charge in [0, 0.05) is 39.0 Å². The maximum Gasteiger partial charge on any atom is 0.253 e. The van der Waals surface area contributed by atoms with Crippen molar-refractivity contribution in [2.24, 2.45) is 0 Å². The second kappa shape index (κ2) is 6.28. The van der Waals surface area contributed by atoms with Gasteiger partial charge in [-0.15, -0.1) is 0 Å². The third-order valence-electron chi connectivity index (χ3n) is 1.80. The normalized spacial score (nSPS) is 10.4. The molecule has 0 aliphatic heterocycles. The van der Waals surface area contributed by atoms with Gasteiger partial charge in [-0.05, 0) is 0 Å². The van der Waals surface area contributed by atoms with Crippen molar-refractivity contribution in [2.45, 2.75) is 6.54 Å². The Balaban J connectivity index is 2.25. The number of ether oxygens (including phenoxy) is 1. The highest BCUT2D eigenvalue weighted by molar-refractivity contribution is 4.81. The molecule has 0 aliphatic rings. The Morgan fingerprint density at radius 3 is 3.14 bits per heavy atom. The highest BCUT2D eigenvalue weighted by Crippen LogP contribution is 1.76. The molecule has 14 heavy (non-hydrogen) atoms. The molecule has 0 atom stereocenters. The lowest BCUT2D eigenvalue weighted by Crippen LogP contribution is -2.28. The van der Waals surface area contributed by atoms with E-state index in [9.17, 15) is 4.79 Å². The number of methoxy groups -OCH3 is 1. The molecule has 0 saturated heterocycles. The zero-order valence-electron chi connectivity index (χ0n) is 8.27. The van der Waals surface area contributed by atoms with Crippen LogP contribution < -0.4 is 10.9 Å². The van der Waals surface area contributed by atoms with E-state index < -0.39 is 0 Å². The Bertz CT molecular complexity index is 311. The summed E-state index contributed by atoms with van der Waals surface area (Å²) in [5, 5.41) is 3.15.